The zero-order chi connectivity index (χ0) is 13.0. The van der Waals surface area contributed by atoms with Gasteiger partial charge in [0.2, 0.25) is 0 Å². The first kappa shape index (κ1) is 11.9. The molecule has 94 valence electrons. The Balaban J connectivity index is 2.12. The number of nitrogens with zero attached hydrogens (tertiary/aromatic N) is 2. The Morgan fingerprint density at radius 3 is 3.00 bits per heavy atom. The van der Waals surface area contributed by atoms with Gasteiger partial charge in [0.25, 0.3) is 0 Å². The van der Waals surface area contributed by atoms with Gasteiger partial charge in [-0.2, -0.15) is 0 Å². The quantitative estimate of drug-likeness (QED) is 0.541. The lowest BCUT2D eigenvalue weighted by Crippen LogP contribution is -2.18. The number of anilines is 2. The van der Waals surface area contributed by atoms with Crippen molar-refractivity contribution in [1.82, 2.24) is 9.97 Å². The minimum absolute atomic E-state index is 0.170. The summed E-state index contributed by atoms with van der Waals surface area (Å²) in [6.07, 6.45) is 0.657. The number of hydrogen-bond donors (Lipinski definition) is 3. The van der Waals surface area contributed by atoms with Crippen LogP contribution in [0.15, 0.2) is 24.5 Å². The van der Waals surface area contributed by atoms with E-state index in [9.17, 15) is 4.79 Å². The van der Waals surface area contributed by atoms with E-state index in [1.54, 1.807) is 12.1 Å². The molecule has 0 unspecified atom stereocenters. The minimum Gasteiger partial charge on any atom is -0.448 e. The molecule has 2 rings (SSSR count). The summed E-state index contributed by atoms with van der Waals surface area (Å²) in [6, 6.07) is 5.37. The Labute approximate surface area is 103 Å². The van der Waals surface area contributed by atoms with Crippen molar-refractivity contribution in [2.45, 2.75) is 0 Å². The van der Waals surface area contributed by atoms with Crippen LogP contribution in [0, 0.1) is 0 Å². The second-order valence-corrected chi connectivity index (χ2v) is 3.59. The predicted molar refractivity (Wildman–Crippen MR) is 68.0 cm³/mol. The van der Waals surface area contributed by atoms with Crippen molar-refractivity contribution in [2.75, 3.05) is 24.2 Å². The maximum absolute atomic E-state index is 10.4. The Hall–Kier alpha value is -2.57. The fraction of sp³-hybridized carbons (Fsp3) is 0.182. The van der Waals surface area contributed by atoms with Gasteiger partial charge in [0.1, 0.15) is 18.8 Å². The normalized spacial score (nSPS) is 10.2. The van der Waals surface area contributed by atoms with Crippen molar-refractivity contribution in [2.24, 2.45) is 5.73 Å². The van der Waals surface area contributed by atoms with E-state index in [1.165, 1.54) is 6.33 Å². The van der Waals surface area contributed by atoms with E-state index in [2.05, 4.69) is 20.0 Å². The molecule has 18 heavy (non-hydrogen) atoms. The molecular formula is C11H13N5O2. The molecule has 0 bridgehead atoms. The molecule has 2 aromatic rings. The fourth-order valence-corrected chi connectivity index (χ4v) is 1.54. The van der Waals surface area contributed by atoms with E-state index >= 15 is 0 Å². The highest BCUT2D eigenvalue weighted by molar-refractivity contribution is 5.91. The van der Waals surface area contributed by atoms with Crippen molar-refractivity contribution in [1.29, 1.82) is 0 Å². The molecule has 0 atom stereocenters. The Morgan fingerprint density at radius 2 is 2.22 bits per heavy atom. The molecule has 0 aliphatic carbocycles. The summed E-state index contributed by atoms with van der Waals surface area (Å²) in [5.41, 5.74) is 12.0. The van der Waals surface area contributed by atoms with Crippen molar-refractivity contribution in [3.63, 3.8) is 0 Å². The average Bonchev–Trinajstić information content (AvgIpc) is 2.34. The molecule has 1 aromatic carbocycles. The largest absolute Gasteiger partial charge is 0.448 e. The molecule has 7 heteroatoms. The van der Waals surface area contributed by atoms with E-state index in [-0.39, 0.29) is 6.61 Å². The first-order chi connectivity index (χ1) is 8.66. The van der Waals surface area contributed by atoms with Crippen LogP contribution in [0.4, 0.5) is 16.3 Å². The van der Waals surface area contributed by atoms with Crippen LogP contribution in [0.3, 0.4) is 0 Å². The smallest absolute Gasteiger partial charge is 0.404 e. The minimum atomic E-state index is -0.798. The number of nitrogens with two attached hydrogens (primary N) is 2. The lowest BCUT2D eigenvalue weighted by molar-refractivity contribution is 0.161. The van der Waals surface area contributed by atoms with E-state index < -0.39 is 6.09 Å². The number of amides is 1. The maximum atomic E-state index is 10.4. The number of nitrogen functional groups attached to an aromatic ring is 1. The highest BCUT2D eigenvalue weighted by Crippen LogP contribution is 2.21. The summed E-state index contributed by atoms with van der Waals surface area (Å²) in [5.74, 6) is 0.639. The Kier molecular flexibility index (Phi) is 3.42. The lowest BCUT2D eigenvalue weighted by Gasteiger charge is -2.08. The van der Waals surface area contributed by atoms with Crippen LogP contribution in [-0.4, -0.2) is 29.2 Å². The van der Waals surface area contributed by atoms with Gasteiger partial charge in [-0.3, -0.25) is 0 Å². The SMILES string of the molecule is NC(=O)OCCNc1ncnc2ccc(N)cc12. The molecule has 7 nitrogen and oxygen atoms in total. The molecule has 0 saturated carbocycles. The molecule has 0 fully saturated rings. The van der Waals surface area contributed by atoms with E-state index in [4.69, 9.17) is 11.5 Å². The number of carbonyl (C=O) groups is 1. The third kappa shape index (κ3) is 2.76. The molecule has 0 spiro atoms. The fourth-order valence-electron chi connectivity index (χ4n) is 1.54. The van der Waals surface area contributed by atoms with E-state index in [0.717, 1.165) is 10.9 Å². The number of hydrogen-bond acceptors (Lipinski definition) is 6. The van der Waals surface area contributed by atoms with Crippen LogP contribution in [0.25, 0.3) is 10.9 Å². The molecule has 0 saturated heterocycles. The van der Waals surface area contributed by atoms with Crippen molar-refractivity contribution < 1.29 is 9.53 Å². The topological polar surface area (TPSA) is 116 Å². The van der Waals surface area contributed by atoms with Crippen LogP contribution >= 0.6 is 0 Å². The average molecular weight is 247 g/mol. The van der Waals surface area contributed by atoms with Crippen LogP contribution in [0.5, 0.6) is 0 Å². The lowest BCUT2D eigenvalue weighted by atomic mass is 10.2. The van der Waals surface area contributed by atoms with Gasteiger partial charge in [0.15, 0.2) is 0 Å². The number of nitrogens with one attached hydrogen (secondary N) is 1. The molecule has 1 aromatic heterocycles. The summed E-state index contributed by atoms with van der Waals surface area (Å²) in [6.45, 7) is 0.576. The zero-order valence-corrected chi connectivity index (χ0v) is 9.59. The van der Waals surface area contributed by atoms with Gasteiger partial charge in [-0.15, -0.1) is 0 Å². The van der Waals surface area contributed by atoms with Crippen LogP contribution in [0.2, 0.25) is 0 Å². The highest BCUT2D eigenvalue weighted by atomic mass is 16.5. The number of benzene rings is 1. The molecule has 0 radical (unpaired) electrons. The number of carbonyl (C=O) groups excluding carboxylic acids is 1. The molecule has 0 aliphatic rings. The third-order valence-electron chi connectivity index (χ3n) is 2.30. The van der Waals surface area contributed by atoms with E-state index in [1.807, 2.05) is 6.07 Å². The summed E-state index contributed by atoms with van der Waals surface area (Å²) in [4.78, 5) is 18.6. The van der Waals surface area contributed by atoms with Gasteiger partial charge in [0, 0.05) is 11.1 Å². The molecule has 5 N–H and O–H groups in total. The zero-order valence-electron chi connectivity index (χ0n) is 9.59. The van der Waals surface area contributed by atoms with E-state index in [0.29, 0.717) is 18.1 Å². The van der Waals surface area contributed by atoms with Crippen LogP contribution in [-0.2, 0) is 4.74 Å². The second-order valence-electron chi connectivity index (χ2n) is 3.59. The van der Waals surface area contributed by atoms with Crippen LogP contribution < -0.4 is 16.8 Å². The van der Waals surface area contributed by atoms with Gasteiger partial charge < -0.3 is 21.5 Å². The van der Waals surface area contributed by atoms with Crippen LogP contribution in [0.1, 0.15) is 0 Å². The number of primary amides is 1. The third-order valence-corrected chi connectivity index (χ3v) is 2.30. The Morgan fingerprint density at radius 1 is 1.39 bits per heavy atom. The van der Waals surface area contributed by atoms with Gasteiger partial charge in [-0.1, -0.05) is 0 Å². The van der Waals surface area contributed by atoms with Crippen molar-refractivity contribution in [3.8, 4) is 0 Å². The number of ether oxygens (including phenoxy) is 1. The monoisotopic (exact) mass is 247 g/mol. The molecule has 1 heterocycles. The summed E-state index contributed by atoms with van der Waals surface area (Å²) < 4.78 is 4.61. The number of fused-ring (bicyclic) bond motifs is 1. The molecular weight excluding hydrogens is 234 g/mol. The van der Waals surface area contributed by atoms with Crippen molar-refractivity contribution >= 4 is 28.5 Å². The predicted octanol–water partition coefficient (Wildman–Crippen LogP) is 0.719. The van der Waals surface area contributed by atoms with Gasteiger partial charge in [-0.25, -0.2) is 14.8 Å². The van der Waals surface area contributed by atoms with Gasteiger partial charge >= 0.3 is 6.09 Å². The number of aromatic nitrogens is 2. The standard InChI is InChI=1S/C11H13N5O2/c12-7-1-2-9-8(5-7)10(16-6-15-9)14-3-4-18-11(13)17/h1-2,5-6H,3-4,12H2,(H2,13,17)(H,14,15,16). The van der Waals surface area contributed by atoms with Gasteiger partial charge in [-0.05, 0) is 18.2 Å². The Bertz CT molecular complexity index is 572. The summed E-state index contributed by atoms with van der Waals surface area (Å²) >= 11 is 0. The highest BCUT2D eigenvalue weighted by Gasteiger charge is 2.03. The summed E-state index contributed by atoms with van der Waals surface area (Å²) in [5, 5.41) is 3.85. The molecule has 1 amide bonds. The number of rotatable bonds is 4. The first-order valence-corrected chi connectivity index (χ1v) is 5.33. The van der Waals surface area contributed by atoms with Crippen molar-refractivity contribution in [3.05, 3.63) is 24.5 Å². The summed E-state index contributed by atoms with van der Waals surface area (Å²) in [7, 11) is 0. The second kappa shape index (κ2) is 5.17. The first-order valence-electron chi connectivity index (χ1n) is 5.33. The maximum Gasteiger partial charge on any atom is 0.404 e. The molecule has 0 aliphatic heterocycles. The van der Waals surface area contributed by atoms with Gasteiger partial charge in [0.05, 0.1) is 12.1 Å².